The molecule has 2 saturated heterocycles. The smallest absolute Gasteiger partial charge is 0.259 e. The Hall–Kier alpha value is -1.46. The summed E-state index contributed by atoms with van der Waals surface area (Å²) in [6.07, 6.45) is 1.03. The van der Waals surface area contributed by atoms with Crippen molar-refractivity contribution < 1.29 is 14.3 Å². The highest BCUT2D eigenvalue weighted by Gasteiger charge is 2.32. The van der Waals surface area contributed by atoms with Gasteiger partial charge in [0, 0.05) is 43.1 Å². The molecule has 0 radical (unpaired) electrons. The maximum atomic E-state index is 12.8. The van der Waals surface area contributed by atoms with E-state index in [0.29, 0.717) is 29.4 Å². The van der Waals surface area contributed by atoms with E-state index in [1.165, 1.54) is 11.8 Å². The van der Waals surface area contributed by atoms with Crippen molar-refractivity contribution in [2.24, 2.45) is 5.92 Å². The lowest BCUT2D eigenvalue weighted by Gasteiger charge is -2.37. The first-order chi connectivity index (χ1) is 15.4. The Labute approximate surface area is 196 Å². The summed E-state index contributed by atoms with van der Waals surface area (Å²) in [7, 11) is 0. The normalized spacial score (nSPS) is 21.7. The zero-order valence-corrected chi connectivity index (χ0v) is 20.6. The lowest BCUT2D eigenvalue weighted by atomic mass is 9.97. The molecule has 8 nitrogen and oxygen atoms in total. The number of amides is 1. The van der Waals surface area contributed by atoms with E-state index in [0.717, 1.165) is 61.2 Å². The van der Waals surface area contributed by atoms with E-state index in [9.17, 15) is 9.59 Å². The molecule has 4 rings (SSSR count). The molecule has 2 aromatic rings. The minimum atomic E-state index is -0.243. The van der Waals surface area contributed by atoms with Crippen LogP contribution in [-0.2, 0) is 20.0 Å². The fourth-order valence-electron chi connectivity index (χ4n) is 4.36. The third-order valence-corrected chi connectivity index (χ3v) is 8.69. The van der Waals surface area contributed by atoms with E-state index in [1.54, 1.807) is 11.3 Å². The van der Waals surface area contributed by atoms with Crippen LogP contribution >= 0.6 is 23.1 Å². The van der Waals surface area contributed by atoms with Crippen molar-refractivity contribution in [3.63, 3.8) is 0 Å². The second-order valence-electron chi connectivity index (χ2n) is 8.51. The van der Waals surface area contributed by atoms with E-state index >= 15 is 0 Å². The molecule has 4 heterocycles. The molecule has 32 heavy (non-hydrogen) atoms. The Kier molecular flexibility index (Phi) is 7.88. The van der Waals surface area contributed by atoms with Gasteiger partial charge in [0.1, 0.15) is 10.7 Å². The number of ether oxygens (including phenoxy) is 2. The van der Waals surface area contributed by atoms with Crippen LogP contribution in [0, 0.1) is 19.8 Å². The number of fused-ring (bicyclic) bond motifs is 1. The Morgan fingerprint density at radius 1 is 1.31 bits per heavy atom. The van der Waals surface area contributed by atoms with Gasteiger partial charge in [-0.3, -0.25) is 14.5 Å². The van der Waals surface area contributed by atoms with Crippen LogP contribution in [0.2, 0.25) is 0 Å². The molecule has 2 aliphatic rings. The van der Waals surface area contributed by atoms with Crippen LogP contribution in [0.15, 0.2) is 4.79 Å². The lowest BCUT2D eigenvalue weighted by molar-refractivity contribution is -0.120. The number of hydrogen-bond acceptors (Lipinski definition) is 8. The second kappa shape index (κ2) is 10.6. The highest BCUT2D eigenvalue weighted by molar-refractivity contribution is 7.99. The number of thioether (sulfide) groups is 1. The van der Waals surface area contributed by atoms with Gasteiger partial charge in [-0.25, -0.2) is 4.98 Å². The Bertz CT molecular complexity index is 996. The van der Waals surface area contributed by atoms with Gasteiger partial charge in [0.2, 0.25) is 5.91 Å². The van der Waals surface area contributed by atoms with Crippen molar-refractivity contribution in [2.45, 2.75) is 44.2 Å². The maximum absolute atomic E-state index is 12.8. The number of carbonyl (C=O) groups is 1. The summed E-state index contributed by atoms with van der Waals surface area (Å²) in [5, 5.41) is 3.59. The molecular formula is C22H32N4O4S2. The summed E-state index contributed by atoms with van der Waals surface area (Å²) in [5.41, 5.74) is 0.893. The number of aromatic amines is 1. The summed E-state index contributed by atoms with van der Waals surface area (Å²) >= 11 is 3.03. The largest absolute Gasteiger partial charge is 0.381 e. The Morgan fingerprint density at radius 2 is 2.09 bits per heavy atom. The van der Waals surface area contributed by atoms with E-state index in [2.05, 4.69) is 20.2 Å². The molecule has 1 amide bonds. The van der Waals surface area contributed by atoms with Gasteiger partial charge in [-0.2, -0.15) is 0 Å². The number of carbonyl (C=O) groups excluding carboxylic acids is 1. The number of H-pyrrole nitrogens is 1. The molecule has 2 aromatic heterocycles. The molecule has 0 saturated carbocycles. The minimum Gasteiger partial charge on any atom is -0.381 e. The van der Waals surface area contributed by atoms with Crippen LogP contribution in [0.1, 0.15) is 29.6 Å². The van der Waals surface area contributed by atoms with Crippen molar-refractivity contribution >= 4 is 39.2 Å². The van der Waals surface area contributed by atoms with E-state index in [4.69, 9.17) is 9.47 Å². The van der Waals surface area contributed by atoms with Gasteiger partial charge in [0.05, 0.1) is 36.2 Å². The molecule has 3 unspecified atom stereocenters. The fraction of sp³-hybridized carbons (Fsp3) is 0.682. The molecule has 0 aliphatic carbocycles. The van der Waals surface area contributed by atoms with Crippen LogP contribution in [0.5, 0.6) is 0 Å². The SMILES string of the molecule is Cc1sc2nc(CSC(C)C(=O)NCC(C3CCOC3)N3CCOCC3)[nH]c(=O)c2c1C. The molecule has 2 aliphatic heterocycles. The first-order valence-electron chi connectivity index (χ1n) is 11.2. The summed E-state index contributed by atoms with van der Waals surface area (Å²) < 4.78 is 11.1. The number of thiophene rings is 1. The molecule has 2 N–H and O–H groups in total. The molecule has 3 atom stereocenters. The summed E-state index contributed by atoms with van der Waals surface area (Å²) in [5.74, 6) is 1.55. The molecular weight excluding hydrogens is 448 g/mol. The van der Waals surface area contributed by atoms with Gasteiger partial charge >= 0.3 is 0 Å². The summed E-state index contributed by atoms with van der Waals surface area (Å²) in [6, 6.07) is 0.272. The number of nitrogens with one attached hydrogen (secondary N) is 2. The van der Waals surface area contributed by atoms with Gasteiger partial charge in [0.15, 0.2) is 0 Å². The number of morpholine rings is 1. The lowest BCUT2D eigenvalue weighted by Crippen LogP contribution is -2.53. The molecule has 0 spiro atoms. The minimum absolute atomic E-state index is 0.0124. The zero-order valence-electron chi connectivity index (χ0n) is 18.9. The third-order valence-electron chi connectivity index (χ3n) is 6.44. The Morgan fingerprint density at radius 3 is 2.81 bits per heavy atom. The number of aryl methyl sites for hydroxylation is 2. The van der Waals surface area contributed by atoms with E-state index in [-0.39, 0.29) is 22.8 Å². The quantitative estimate of drug-likeness (QED) is 0.597. The first-order valence-corrected chi connectivity index (χ1v) is 13.1. The van der Waals surface area contributed by atoms with Gasteiger partial charge in [-0.05, 0) is 32.8 Å². The monoisotopic (exact) mass is 480 g/mol. The van der Waals surface area contributed by atoms with Gasteiger partial charge < -0.3 is 19.8 Å². The molecule has 0 bridgehead atoms. The molecule has 176 valence electrons. The highest BCUT2D eigenvalue weighted by Crippen LogP contribution is 2.27. The van der Waals surface area contributed by atoms with Crippen molar-refractivity contribution in [1.29, 1.82) is 0 Å². The average Bonchev–Trinajstić information content (AvgIpc) is 3.41. The number of nitrogens with zero attached hydrogens (tertiary/aromatic N) is 2. The zero-order chi connectivity index (χ0) is 22.7. The molecule has 0 aromatic carbocycles. The standard InChI is InChI=1S/C22H32N4O4S2/c1-13-14(2)32-22-19(13)21(28)24-18(25-22)12-31-15(3)20(27)23-10-17(16-4-7-30-11-16)26-5-8-29-9-6-26/h15-17H,4-12H2,1-3H3,(H,23,27)(H,24,25,28). The van der Waals surface area contributed by atoms with Gasteiger partial charge in [-0.1, -0.05) is 0 Å². The van der Waals surface area contributed by atoms with Crippen LogP contribution in [0.4, 0.5) is 0 Å². The van der Waals surface area contributed by atoms with Gasteiger partial charge in [-0.15, -0.1) is 23.1 Å². The van der Waals surface area contributed by atoms with E-state index < -0.39 is 0 Å². The van der Waals surface area contributed by atoms with Crippen LogP contribution in [0.25, 0.3) is 10.2 Å². The number of aromatic nitrogens is 2. The van der Waals surface area contributed by atoms with Crippen molar-refractivity contribution in [1.82, 2.24) is 20.2 Å². The van der Waals surface area contributed by atoms with Crippen molar-refractivity contribution in [3.05, 3.63) is 26.6 Å². The van der Waals surface area contributed by atoms with E-state index in [1.807, 2.05) is 20.8 Å². The molecule has 2 fully saturated rings. The summed E-state index contributed by atoms with van der Waals surface area (Å²) in [6.45, 7) is 11.3. The average molecular weight is 481 g/mol. The fourth-order valence-corrected chi connectivity index (χ4v) is 6.18. The van der Waals surface area contributed by atoms with Crippen molar-refractivity contribution in [3.8, 4) is 0 Å². The first kappa shape index (κ1) is 23.7. The van der Waals surface area contributed by atoms with Crippen LogP contribution in [-0.4, -0.2) is 78.1 Å². The second-order valence-corrected chi connectivity index (χ2v) is 11.0. The summed E-state index contributed by atoms with van der Waals surface area (Å²) in [4.78, 5) is 37.1. The third kappa shape index (κ3) is 5.36. The molecule has 10 heteroatoms. The maximum Gasteiger partial charge on any atom is 0.259 e. The Balaban J connectivity index is 1.33. The topological polar surface area (TPSA) is 96.5 Å². The van der Waals surface area contributed by atoms with Crippen LogP contribution in [0.3, 0.4) is 0 Å². The highest BCUT2D eigenvalue weighted by atomic mass is 32.2. The predicted octanol–water partition coefficient (Wildman–Crippen LogP) is 2.08. The predicted molar refractivity (Wildman–Crippen MR) is 129 cm³/mol. The van der Waals surface area contributed by atoms with Crippen molar-refractivity contribution in [2.75, 3.05) is 46.1 Å². The van der Waals surface area contributed by atoms with Crippen LogP contribution < -0.4 is 10.9 Å². The number of hydrogen-bond donors (Lipinski definition) is 2. The number of rotatable bonds is 8. The van der Waals surface area contributed by atoms with Gasteiger partial charge in [0.25, 0.3) is 5.56 Å².